The zero-order chi connectivity index (χ0) is 17.8. The fourth-order valence-electron chi connectivity index (χ4n) is 1.97. The Kier molecular flexibility index (Phi) is 11.7. The van der Waals surface area contributed by atoms with Crippen LogP contribution in [0.4, 0.5) is 0 Å². The second-order valence-corrected chi connectivity index (χ2v) is 7.07. The van der Waals surface area contributed by atoms with E-state index in [9.17, 15) is 0 Å². The number of aryl methyl sites for hydroxylation is 2. The molecule has 0 spiro atoms. The van der Waals surface area contributed by atoms with Gasteiger partial charge in [0.2, 0.25) is 0 Å². The molecule has 2 aromatic rings. The Labute approximate surface area is 147 Å². The number of aromatic nitrogens is 3. The van der Waals surface area contributed by atoms with Crippen LogP contribution in [0.2, 0.25) is 0 Å². The molecule has 0 unspecified atom stereocenters. The Morgan fingerprint density at radius 1 is 1.17 bits per heavy atom. The van der Waals surface area contributed by atoms with Gasteiger partial charge < -0.3 is 0 Å². The minimum atomic E-state index is 0.487. The van der Waals surface area contributed by atoms with Crippen molar-refractivity contribution in [3.05, 3.63) is 34.0 Å². The van der Waals surface area contributed by atoms with Crippen molar-refractivity contribution in [3.63, 3.8) is 0 Å². The normalized spacial score (nSPS) is 10.2. The molecule has 3 nitrogen and oxygen atoms in total. The van der Waals surface area contributed by atoms with Gasteiger partial charge in [-0.1, -0.05) is 41.0 Å². The molecule has 0 fully saturated rings. The first-order valence-electron chi connectivity index (χ1n) is 8.86. The van der Waals surface area contributed by atoms with Crippen molar-refractivity contribution in [1.82, 2.24) is 14.8 Å². The zero-order valence-corrected chi connectivity index (χ0v) is 17.1. The Bertz CT molecular complexity index is 512. The standard InChI is InChI=1S/C9H16N2.C8H13NS.C2H6/c1-4-5-9-6-10-11(7-9)8(2)3;1-6(2)4-8-7(3)9-5-10-8;1-2/h6-8H,4-5H2,1-3H3;5-6H,4H2,1-3H3;1-2H3. The second kappa shape index (κ2) is 12.3. The molecule has 23 heavy (non-hydrogen) atoms. The third-order valence-corrected chi connectivity index (χ3v) is 4.12. The second-order valence-electron chi connectivity index (χ2n) is 6.13. The van der Waals surface area contributed by atoms with Gasteiger partial charge in [0, 0.05) is 17.1 Å². The number of hydrogen-bond acceptors (Lipinski definition) is 3. The summed E-state index contributed by atoms with van der Waals surface area (Å²) in [7, 11) is 0. The third kappa shape index (κ3) is 8.89. The van der Waals surface area contributed by atoms with E-state index in [4.69, 9.17) is 0 Å². The highest BCUT2D eigenvalue weighted by atomic mass is 32.1. The van der Waals surface area contributed by atoms with Crippen molar-refractivity contribution in [2.24, 2.45) is 5.92 Å². The first-order valence-corrected chi connectivity index (χ1v) is 9.74. The lowest BCUT2D eigenvalue weighted by Crippen LogP contribution is -1.99. The van der Waals surface area contributed by atoms with E-state index in [0.717, 1.165) is 12.3 Å². The van der Waals surface area contributed by atoms with Gasteiger partial charge in [-0.05, 0) is 45.1 Å². The molecular formula is C19H35N3S. The van der Waals surface area contributed by atoms with Crippen LogP contribution in [0.15, 0.2) is 17.9 Å². The van der Waals surface area contributed by atoms with E-state index in [-0.39, 0.29) is 0 Å². The molecule has 0 atom stereocenters. The van der Waals surface area contributed by atoms with Gasteiger partial charge in [0.05, 0.1) is 17.4 Å². The quantitative estimate of drug-likeness (QED) is 0.660. The lowest BCUT2D eigenvalue weighted by atomic mass is 10.1. The fourth-order valence-corrected chi connectivity index (χ4v) is 2.96. The Hall–Kier alpha value is -1.16. The summed E-state index contributed by atoms with van der Waals surface area (Å²) in [6, 6.07) is 0.487. The number of thiazole rings is 1. The summed E-state index contributed by atoms with van der Waals surface area (Å²) in [5.74, 6) is 0.749. The molecule has 4 heteroatoms. The summed E-state index contributed by atoms with van der Waals surface area (Å²) in [4.78, 5) is 5.63. The van der Waals surface area contributed by atoms with Crippen molar-refractivity contribution < 1.29 is 0 Å². The van der Waals surface area contributed by atoms with Crippen molar-refractivity contribution in [3.8, 4) is 0 Å². The summed E-state index contributed by atoms with van der Waals surface area (Å²) in [6.07, 6.45) is 7.62. The SMILES string of the molecule is CC.CCCc1cnn(C(C)C)c1.Cc1ncsc1CC(C)C. The van der Waals surface area contributed by atoms with Crippen LogP contribution in [0.5, 0.6) is 0 Å². The van der Waals surface area contributed by atoms with Crippen LogP contribution >= 0.6 is 11.3 Å². The van der Waals surface area contributed by atoms with Gasteiger partial charge in [-0.3, -0.25) is 4.68 Å². The minimum absolute atomic E-state index is 0.487. The van der Waals surface area contributed by atoms with Crippen molar-refractivity contribution in [1.29, 1.82) is 0 Å². The minimum Gasteiger partial charge on any atom is -0.270 e. The molecule has 2 heterocycles. The lowest BCUT2D eigenvalue weighted by molar-refractivity contribution is 0.532. The molecule has 132 valence electrons. The van der Waals surface area contributed by atoms with Crippen LogP contribution in [0.3, 0.4) is 0 Å². The van der Waals surface area contributed by atoms with Crippen molar-refractivity contribution in [2.75, 3.05) is 0 Å². The molecular weight excluding hydrogens is 302 g/mol. The van der Waals surface area contributed by atoms with Crippen molar-refractivity contribution in [2.45, 2.75) is 80.7 Å². The monoisotopic (exact) mass is 337 g/mol. The van der Waals surface area contributed by atoms with Gasteiger partial charge in [0.15, 0.2) is 0 Å². The molecule has 0 radical (unpaired) electrons. The molecule has 0 amide bonds. The highest BCUT2D eigenvalue weighted by molar-refractivity contribution is 7.09. The van der Waals surface area contributed by atoms with Crippen molar-refractivity contribution >= 4 is 11.3 Å². The first kappa shape index (κ1) is 21.8. The Morgan fingerprint density at radius 3 is 2.22 bits per heavy atom. The maximum Gasteiger partial charge on any atom is 0.0797 e. The van der Waals surface area contributed by atoms with E-state index in [0.29, 0.717) is 6.04 Å². The Morgan fingerprint density at radius 2 is 1.83 bits per heavy atom. The molecule has 0 saturated carbocycles. The first-order chi connectivity index (χ1) is 10.9. The molecule has 0 aliphatic heterocycles. The van der Waals surface area contributed by atoms with E-state index in [1.807, 2.05) is 30.2 Å². The highest BCUT2D eigenvalue weighted by Crippen LogP contribution is 2.16. The third-order valence-electron chi connectivity index (χ3n) is 3.16. The van der Waals surface area contributed by atoms with Crippen LogP contribution in [0.25, 0.3) is 0 Å². The summed E-state index contributed by atoms with van der Waals surface area (Å²) in [6.45, 7) is 17.0. The summed E-state index contributed by atoms with van der Waals surface area (Å²) in [5, 5.41) is 4.25. The average Bonchev–Trinajstić information content (AvgIpc) is 3.12. The van der Waals surface area contributed by atoms with E-state index in [1.165, 1.54) is 29.0 Å². The Balaban J connectivity index is 0.000000381. The van der Waals surface area contributed by atoms with Gasteiger partial charge in [0.25, 0.3) is 0 Å². The van der Waals surface area contributed by atoms with Gasteiger partial charge in [-0.2, -0.15) is 5.10 Å². The van der Waals surface area contributed by atoms with E-state index in [2.05, 4.69) is 57.8 Å². The number of rotatable bonds is 5. The molecule has 0 N–H and O–H groups in total. The van der Waals surface area contributed by atoms with Crippen LogP contribution < -0.4 is 0 Å². The maximum atomic E-state index is 4.25. The summed E-state index contributed by atoms with van der Waals surface area (Å²) < 4.78 is 2.00. The van der Waals surface area contributed by atoms with Gasteiger partial charge in [-0.25, -0.2) is 4.98 Å². The van der Waals surface area contributed by atoms with Crippen LogP contribution in [0.1, 0.15) is 77.1 Å². The summed E-state index contributed by atoms with van der Waals surface area (Å²) >= 11 is 1.77. The molecule has 0 saturated heterocycles. The van der Waals surface area contributed by atoms with Crippen LogP contribution in [-0.2, 0) is 12.8 Å². The predicted molar refractivity (Wildman–Crippen MR) is 103 cm³/mol. The average molecular weight is 338 g/mol. The maximum absolute atomic E-state index is 4.25. The molecule has 2 rings (SSSR count). The molecule has 0 aromatic carbocycles. The molecule has 0 bridgehead atoms. The topological polar surface area (TPSA) is 30.7 Å². The molecule has 2 aromatic heterocycles. The lowest BCUT2D eigenvalue weighted by Gasteiger charge is -2.02. The van der Waals surface area contributed by atoms with Crippen LogP contribution in [-0.4, -0.2) is 14.8 Å². The fraction of sp³-hybridized carbons (Fsp3) is 0.684. The van der Waals surface area contributed by atoms with Crippen LogP contribution in [0, 0.1) is 12.8 Å². The van der Waals surface area contributed by atoms with Gasteiger partial charge in [-0.15, -0.1) is 11.3 Å². The summed E-state index contributed by atoms with van der Waals surface area (Å²) in [5.41, 5.74) is 4.48. The van der Waals surface area contributed by atoms with Gasteiger partial charge >= 0.3 is 0 Å². The van der Waals surface area contributed by atoms with E-state index in [1.54, 1.807) is 11.3 Å². The molecule has 0 aliphatic rings. The zero-order valence-electron chi connectivity index (χ0n) is 16.3. The smallest absolute Gasteiger partial charge is 0.0797 e. The van der Waals surface area contributed by atoms with E-state index < -0.39 is 0 Å². The molecule has 0 aliphatic carbocycles. The highest BCUT2D eigenvalue weighted by Gasteiger charge is 2.02. The van der Waals surface area contributed by atoms with E-state index >= 15 is 0 Å². The largest absolute Gasteiger partial charge is 0.270 e. The predicted octanol–water partition coefficient (Wildman–Crippen LogP) is 6.09. The number of hydrogen-bond donors (Lipinski definition) is 0. The van der Waals surface area contributed by atoms with Gasteiger partial charge in [0.1, 0.15) is 0 Å². The number of nitrogens with zero attached hydrogens (tertiary/aromatic N) is 3.